The first-order valence-electron chi connectivity index (χ1n) is 10.4. The fraction of sp³-hybridized carbons (Fsp3) is 0.333. The van der Waals surface area contributed by atoms with Crippen molar-refractivity contribution < 1.29 is 22.0 Å². The smallest absolute Gasteiger partial charge is 0.243 e. The summed E-state index contributed by atoms with van der Waals surface area (Å²) in [6.45, 7) is 1.04. The maximum atomic E-state index is 13.4. The fourth-order valence-electron chi connectivity index (χ4n) is 3.53. The van der Waals surface area contributed by atoms with Gasteiger partial charge in [0.15, 0.2) is 11.6 Å². The molecule has 12 heteroatoms. The van der Waals surface area contributed by atoms with E-state index < -0.39 is 21.7 Å². The number of carbonyl (C=O) groups is 1. The molecule has 9 nitrogen and oxygen atoms in total. The summed E-state index contributed by atoms with van der Waals surface area (Å²) in [5.74, 6) is -1.91. The summed E-state index contributed by atoms with van der Waals surface area (Å²) < 4.78 is 53.1. The number of piperazine rings is 1. The molecule has 2 aromatic carbocycles. The summed E-state index contributed by atoms with van der Waals surface area (Å²) in [5.41, 5.74) is 0.857. The minimum absolute atomic E-state index is 0.0815. The van der Waals surface area contributed by atoms with Crippen molar-refractivity contribution in [1.82, 2.24) is 29.4 Å². The molecule has 1 aliphatic rings. The van der Waals surface area contributed by atoms with Gasteiger partial charge in [0.1, 0.15) is 0 Å². The van der Waals surface area contributed by atoms with E-state index in [-0.39, 0.29) is 43.4 Å². The van der Waals surface area contributed by atoms with Gasteiger partial charge in [-0.2, -0.15) is 9.10 Å². The number of sulfonamides is 1. The Kier molecular flexibility index (Phi) is 6.75. The highest BCUT2D eigenvalue weighted by Gasteiger charge is 2.30. The summed E-state index contributed by atoms with van der Waals surface area (Å²) >= 11 is 0. The van der Waals surface area contributed by atoms with Gasteiger partial charge in [0.2, 0.25) is 21.8 Å². The number of tetrazole rings is 1. The van der Waals surface area contributed by atoms with E-state index >= 15 is 0 Å². The number of rotatable bonds is 7. The molecule has 0 radical (unpaired) electrons. The van der Waals surface area contributed by atoms with E-state index in [0.29, 0.717) is 24.9 Å². The lowest BCUT2D eigenvalue weighted by molar-refractivity contribution is -0.132. The molecule has 33 heavy (non-hydrogen) atoms. The van der Waals surface area contributed by atoms with E-state index in [1.807, 2.05) is 30.3 Å². The normalized spacial score (nSPS) is 15.0. The molecule has 1 fully saturated rings. The van der Waals surface area contributed by atoms with E-state index in [0.717, 1.165) is 17.7 Å². The molecule has 174 valence electrons. The van der Waals surface area contributed by atoms with Crippen LogP contribution >= 0.6 is 0 Å². The zero-order valence-electron chi connectivity index (χ0n) is 17.6. The number of aromatic nitrogens is 4. The van der Waals surface area contributed by atoms with Crippen LogP contribution in [0, 0.1) is 11.6 Å². The van der Waals surface area contributed by atoms with Crippen molar-refractivity contribution in [2.45, 2.75) is 24.3 Å². The van der Waals surface area contributed by atoms with Gasteiger partial charge in [-0.3, -0.25) is 4.79 Å². The van der Waals surface area contributed by atoms with Crippen LogP contribution in [0.3, 0.4) is 0 Å². The third-order valence-corrected chi connectivity index (χ3v) is 7.25. The van der Waals surface area contributed by atoms with Crippen molar-refractivity contribution in [3.63, 3.8) is 0 Å². The monoisotopic (exact) mass is 476 g/mol. The largest absolute Gasteiger partial charge is 0.340 e. The Hall–Kier alpha value is -3.25. The number of hydrogen-bond acceptors (Lipinski definition) is 6. The van der Waals surface area contributed by atoms with Gasteiger partial charge in [-0.25, -0.2) is 17.2 Å². The molecule has 0 N–H and O–H groups in total. The Bertz CT molecular complexity index is 1230. The number of halogens is 2. The number of hydrogen-bond donors (Lipinski definition) is 0. The number of amides is 1. The van der Waals surface area contributed by atoms with Crippen molar-refractivity contribution in [3.8, 4) is 11.4 Å². The van der Waals surface area contributed by atoms with Crippen LogP contribution in [0.4, 0.5) is 8.78 Å². The minimum atomic E-state index is -3.96. The van der Waals surface area contributed by atoms with Gasteiger partial charge in [0.05, 0.1) is 11.4 Å². The topological polar surface area (TPSA) is 101 Å². The molecule has 1 aromatic heterocycles. The summed E-state index contributed by atoms with van der Waals surface area (Å²) in [4.78, 5) is 15.3. The van der Waals surface area contributed by atoms with Crippen molar-refractivity contribution in [1.29, 1.82) is 0 Å². The third kappa shape index (κ3) is 5.22. The van der Waals surface area contributed by atoms with Crippen molar-refractivity contribution in [2.24, 2.45) is 0 Å². The highest BCUT2D eigenvalue weighted by atomic mass is 32.2. The summed E-state index contributed by atoms with van der Waals surface area (Å²) in [5, 5.41) is 12.3. The lowest BCUT2D eigenvalue weighted by Crippen LogP contribution is -2.50. The van der Waals surface area contributed by atoms with Gasteiger partial charge in [-0.1, -0.05) is 30.3 Å². The molecule has 0 saturated carbocycles. The van der Waals surface area contributed by atoms with Crippen molar-refractivity contribution >= 4 is 15.9 Å². The van der Waals surface area contributed by atoms with Crippen LogP contribution in [-0.4, -0.2) is 69.9 Å². The molecule has 3 aromatic rings. The Balaban J connectivity index is 1.26. The van der Waals surface area contributed by atoms with Crippen molar-refractivity contribution in [3.05, 3.63) is 60.2 Å². The van der Waals surface area contributed by atoms with Crippen molar-refractivity contribution in [2.75, 3.05) is 26.2 Å². The van der Waals surface area contributed by atoms with Gasteiger partial charge in [-0.05, 0) is 29.8 Å². The van der Waals surface area contributed by atoms with Gasteiger partial charge >= 0.3 is 0 Å². The molecule has 0 aliphatic carbocycles. The molecule has 0 bridgehead atoms. The van der Waals surface area contributed by atoms with Crippen LogP contribution in [0.25, 0.3) is 11.4 Å². The van der Waals surface area contributed by atoms with Crippen LogP contribution in [0.15, 0.2) is 53.4 Å². The zero-order chi connectivity index (χ0) is 23.4. The predicted octanol–water partition coefficient (Wildman–Crippen LogP) is 1.93. The maximum Gasteiger partial charge on any atom is 0.243 e. The third-order valence-electron chi connectivity index (χ3n) is 5.35. The first-order chi connectivity index (χ1) is 15.8. The predicted molar refractivity (Wildman–Crippen MR) is 114 cm³/mol. The summed E-state index contributed by atoms with van der Waals surface area (Å²) in [6, 6.07) is 11.9. The average molecular weight is 477 g/mol. The number of carbonyl (C=O) groups excluding carboxylic acids is 1. The highest BCUT2D eigenvalue weighted by Crippen LogP contribution is 2.20. The molecule has 1 aliphatic heterocycles. The van der Waals surface area contributed by atoms with Crippen LogP contribution in [0.1, 0.15) is 12.8 Å². The SMILES string of the molecule is O=C(CCCn1nnc(-c2ccccc2)n1)N1CCN(S(=O)(=O)c2ccc(F)c(F)c2)CC1. The first-order valence-corrected chi connectivity index (χ1v) is 11.8. The van der Waals surface area contributed by atoms with E-state index in [4.69, 9.17) is 0 Å². The standard InChI is InChI=1S/C21H22F2N6O3S/c22-18-9-8-17(15-19(18)23)33(31,32)28-13-11-27(12-14-28)20(30)7-4-10-29-25-21(24-26-29)16-5-2-1-3-6-16/h1-3,5-6,8-9,15H,4,7,10-14H2. The van der Waals surface area contributed by atoms with E-state index in [2.05, 4.69) is 15.4 Å². The van der Waals surface area contributed by atoms with Crippen LogP contribution in [0.2, 0.25) is 0 Å². The fourth-order valence-corrected chi connectivity index (χ4v) is 4.97. The van der Waals surface area contributed by atoms with E-state index in [1.54, 1.807) is 4.90 Å². The van der Waals surface area contributed by atoms with Gasteiger partial charge < -0.3 is 4.90 Å². The van der Waals surface area contributed by atoms with Crippen LogP contribution < -0.4 is 0 Å². The Morgan fingerprint density at radius 1 is 0.970 bits per heavy atom. The lowest BCUT2D eigenvalue weighted by atomic mass is 10.2. The second kappa shape index (κ2) is 9.71. The Labute approximate surface area is 189 Å². The molecule has 0 spiro atoms. The quantitative estimate of drug-likeness (QED) is 0.517. The zero-order valence-corrected chi connectivity index (χ0v) is 18.5. The molecule has 0 unspecified atom stereocenters. The number of benzene rings is 2. The molecular weight excluding hydrogens is 454 g/mol. The van der Waals surface area contributed by atoms with E-state index in [1.165, 1.54) is 9.10 Å². The lowest BCUT2D eigenvalue weighted by Gasteiger charge is -2.34. The van der Waals surface area contributed by atoms with Gasteiger partial charge in [0.25, 0.3) is 0 Å². The molecule has 1 saturated heterocycles. The van der Waals surface area contributed by atoms with Crippen LogP contribution in [0.5, 0.6) is 0 Å². The van der Waals surface area contributed by atoms with Gasteiger partial charge in [-0.15, -0.1) is 10.2 Å². The average Bonchev–Trinajstić information content (AvgIpc) is 3.30. The van der Waals surface area contributed by atoms with Crippen LogP contribution in [-0.2, 0) is 21.4 Å². The van der Waals surface area contributed by atoms with Gasteiger partial charge in [0, 0.05) is 38.2 Å². The number of aryl methyl sites for hydroxylation is 1. The molecule has 1 amide bonds. The molecule has 4 rings (SSSR count). The Morgan fingerprint density at radius 2 is 1.70 bits per heavy atom. The first kappa shape index (κ1) is 22.9. The molecule has 2 heterocycles. The second-order valence-electron chi connectivity index (χ2n) is 7.54. The highest BCUT2D eigenvalue weighted by molar-refractivity contribution is 7.89. The van der Waals surface area contributed by atoms with E-state index in [9.17, 15) is 22.0 Å². The molecular formula is C21H22F2N6O3S. The summed E-state index contributed by atoms with van der Waals surface area (Å²) in [7, 11) is -3.96. The maximum absolute atomic E-state index is 13.4. The molecule has 0 atom stereocenters. The summed E-state index contributed by atoms with van der Waals surface area (Å²) in [6.07, 6.45) is 0.773. The number of nitrogens with zero attached hydrogens (tertiary/aromatic N) is 6. The minimum Gasteiger partial charge on any atom is -0.340 e. The Morgan fingerprint density at radius 3 is 2.39 bits per heavy atom. The second-order valence-corrected chi connectivity index (χ2v) is 9.48.